The molecule has 0 radical (unpaired) electrons. The molecule has 5 heteroatoms. The van der Waals surface area contributed by atoms with Crippen molar-refractivity contribution < 1.29 is 5.11 Å². The van der Waals surface area contributed by atoms with E-state index in [0.29, 0.717) is 0 Å². The van der Waals surface area contributed by atoms with Crippen LogP contribution in [0.15, 0.2) is 29.0 Å². The van der Waals surface area contributed by atoms with E-state index in [1.54, 1.807) is 26.2 Å². The first-order valence-electron chi connectivity index (χ1n) is 6.11. The highest BCUT2D eigenvalue weighted by Crippen LogP contribution is 2.29. The number of nitrogens with zero attached hydrogens (tertiary/aromatic N) is 2. The molecule has 0 aliphatic heterocycles. The van der Waals surface area contributed by atoms with Gasteiger partial charge in [-0.3, -0.25) is 9.97 Å². The van der Waals surface area contributed by atoms with Gasteiger partial charge in [-0.1, -0.05) is 0 Å². The highest BCUT2D eigenvalue weighted by Gasteiger charge is 2.35. The summed E-state index contributed by atoms with van der Waals surface area (Å²) < 4.78 is 0.895. The van der Waals surface area contributed by atoms with E-state index in [2.05, 4.69) is 31.2 Å². The molecule has 19 heavy (non-hydrogen) atoms. The summed E-state index contributed by atoms with van der Waals surface area (Å²) in [7, 11) is 0. The van der Waals surface area contributed by atoms with Gasteiger partial charge in [0.2, 0.25) is 0 Å². The van der Waals surface area contributed by atoms with Gasteiger partial charge in [-0.25, -0.2) is 0 Å². The first kappa shape index (κ1) is 14.2. The number of nitrogens with one attached hydrogen (secondary N) is 1. The number of rotatable bonds is 3. The summed E-state index contributed by atoms with van der Waals surface area (Å²) in [5.74, 6) is 0. The second-order valence-corrected chi connectivity index (χ2v) is 6.60. The van der Waals surface area contributed by atoms with Gasteiger partial charge in [-0.2, -0.15) is 0 Å². The molecule has 0 fully saturated rings. The molecule has 0 aliphatic rings. The highest BCUT2D eigenvalue weighted by molar-refractivity contribution is 9.10. The summed E-state index contributed by atoms with van der Waals surface area (Å²) in [5.41, 5.74) is 1.12. The maximum absolute atomic E-state index is 10.2. The van der Waals surface area contributed by atoms with E-state index in [-0.39, 0.29) is 0 Å². The Kier molecular flexibility index (Phi) is 3.53. The van der Waals surface area contributed by atoms with Gasteiger partial charge < -0.3 is 10.4 Å². The van der Waals surface area contributed by atoms with Crippen molar-refractivity contribution in [2.45, 2.75) is 38.8 Å². The molecule has 0 aromatic carbocycles. The quantitative estimate of drug-likeness (QED) is 0.909. The fraction of sp³-hybridized carbons (Fsp3) is 0.429. The van der Waals surface area contributed by atoms with Crippen LogP contribution >= 0.6 is 15.9 Å². The zero-order chi connectivity index (χ0) is 14.3. The summed E-state index contributed by atoms with van der Waals surface area (Å²) >= 11 is 3.39. The normalized spacial score (nSPS) is 12.7. The first-order valence-corrected chi connectivity index (χ1v) is 6.91. The van der Waals surface area contributed by atoms with E-state index in [1.807, 2.05) is 26.0 Å². The fourth-order valence-corrected chi connectivity index (χ4v) is 1.92. The molecular formula is C14H18BrN3O. The van der Waals surface area contributed by atoms with Crippen molar-refractivity contribution in [3.05, 3.63) is 29.0 Å². The van der Waals surface area contributed by atoms with Crippen molar-refractivity contribution in [2.24, 2.45) is 0 Å². The molecule has 2 aromatic rings. The largest absolute Gasteiger partial charge is 0.388 e. The van der Waals surface area contributed by atoms with Gasteiger partial charge in [0.1, 0.15) is 5.52 Å². The number of fused-ring (bicyclic) bond motifs is 1. The van der Waals surface area contributed by atoms with Gasteiger partial charge in [0, 0.05) is 16.9 Å². The predicted molar refractivity (Wildman–Crippen MR) is 81.2 cm³/mol. The molecule has 2 N–H and O–H groups in total. The average molecular weight is 324 g/mol. The number of anilines is 1. The van der Waals surface area contributed by atoms with Gasteiger partial charge in [0.05, 0.1) is 22.3 Å². The van der Waals surface area contributed by atoms with Crippen molar-refractivity contribution in [2.75, 3.05) is 5.32 Å². The molecule has 0 saturated heterocycles. The molecule has 2 heterocycles. The Hall–Kier alpha value is -1.20. The van der Waals surface area contributed by atoms with E-state index in [0.717, 1.165) is 21.2 Å². The minimum Gasteiger partial charge on any atom is -0.388 e. The number of hydrogen-bond acceptors (Lipinski definition) is 4. The molecule has 0 unspecified atom stereocenters. The number of aromatic nitrogens is 2. The smallest absolute Gasteiger partial charge is 0.112 e. The van der Waals surface area contributed by atoms with Crippen molar-refractivity contribution in [1.29, 1.82) is 0 Å². The number of hydrogen-bond donors (Lipinski definition) is 2. The van der Waals surface area contributed by atoms with Crippen LogP contribution in [0, 0.1) is 0 Å². The van der Waals surface area contributed by atoms with Crippen LogP contribution in [-0.4, -0.2) is 26.2 Å². The van der Waals surface area contributed by atoms with Crippen LogP contribution in [0.1, 0.15) is 27.7 Å². The summed E-state index contributed by atoms with van der Waals surface area (Å²) in [5, 5.41) is 13.6. The lowest BCUT2D eigenvalue weighted by atomic mass is 9.86. The van der Waals surface area contributed by atoms with Crippen LogP contribution in [0.5, 0.6) is 0 Å². The molecular weight excluding hydrogens is 306 g/mol. The monoisotopic (exact) mass is 323 g/mol. The number of aliphatic hydroxyl groups is 1. The fourth-order valence-electron chi connectivity index (χ4n) is 1.60. The van der Waals surface area contributed by atoms with Crippen LogP contribution < -0.4 is 5.32 Å². The molecule has 0 bridgehead atoms. The molecule has 102 valence electrons. The lowest BCUT2D eigenvalue weighted by Crippen LogP contribution is -2.51. The van der Waals surface area contributed by atoms with Crippen LogP contribution in [0.25, 0.3) is 11.0 Å². The van der Waals surface area contributed by atoms with Crippen LogP contribution in [0.4, 0.5) is 5.69 Å². The molecule has 0 amide bonds. The van der Waals surface area contributed by atoms with Crippen molar-refractivity contribution in [1.82, 2.24) is 9.97 Å². The lowest BCUT2D eigenvalue weighted by Gasteiger charge is -2.39. The third-order valence-corrected chi connectivity index (χ3v) is 3.95. The van der Waals surface area contributed by atoms with Gasteiger partial charge in [0.25, 0.3) is 0 Å². The van der Waals surface area contributed by atoms with Crippen molar-refractivity contribution >= 4 is 32.7 Å². The number of halogens is 1. The standard InChI is InChI=1S/C14H18BrN3O/c1-13(2,14(3,4)19)18-10-5-6-16-11-7-9(15)8-17-12(10)11/h5-8,19H,1-4H3,(H,16,18). The summed E-state index contributed by atoms with van der Waals surface area (Å²) in [6, 6.07) is 3.79. The molecule has 0 aliphatic carbocycles. The summed E-state index contributed by atoms with van der Waals surface area (Å²) in [6.45, 7) is 7.48. The predicted octanol–water partition coefficient (Wildman–Crippen LogP) is 3.35. The Balaban J connectivity index is 2.47. The van der Waals surface area contributed by atoms with Gasteiger partial charge in [-0.15, -0.1) is 0 Å². The molecule has 0 atom stereocenters. The van der Waals surface area contributed by atoms with Gasteiger partial charge >= 0.3 is 0 Å². The van der Waals surface area contributed by atoms with Crippen molar-refractivity contribution in [3.8, 4) is 0 Å². The Labute approximate surface area is 121 Å². The molecule has 4 nitrogen and oxygen atoms in total. The van der Waals surface area contributed by atoms with Gasteiger partial charge in [-0.05, 0) is 55.8 Å². The Morgan fingerprint density at radius 1 is 1.21 bits per heavy atom. The third-order valence-electron chi connectivity index (χ3n) is 3.52. The van der Waals surface area contributed by atoms with Crippen LogP contribution in [0.2, 0.25) is 0 Å². The topological polar surface area (TPSA) is 58.0 Å². The van der Waals surface area contributed by atoms with Gasteiger partial charge in [0.15, 0.2) is 0 Å². The van der Waals surface area contributed by atoms with E-state index < -0.39 is 11.1 Å². The summed E-state index contributed by atoms with van der Waals surface area (Å²) in [6.07, 6.45) is 3.48. The zero-order valence-electron chi connectivity index (χ0n) is 11.5. The minimum atomic E-state index is -0.863. The summed E-state index contributed by atoms with van der Waals surface area (Å²) in [4.78, 5) is 8.69. The zero-order valence-corrected chi connectivity index (χ0v) is 13.1. The third kappa shape index (κ3) is 2.87. The van der Waals surface area contributed by atoms with E-state index in [9.17, 15) is 5.11 Å². The molecule has 0 spiro atoms. The maximum Gasteiger partial charge on any atom is 0.112 e. The van der Waals surface area contributed by atoms with E-state index >= 15 is 0 Å². The lowest BCUT2D eigenvalue weighted by molar-refractivity contribution is 0.0241. The van der Waals surface area contributed by atoms with Crippen LogP contribution in [-0.2, 0) is 0 Å². The van der Waals surface area contributed by atoms with E-state index in [1.165, 1.54) is 0 Å². The van der Waals surface area contributed by atoms with Crippen molar-refractivity contribution in [3.63, 3.8) is 0 Å². The molecule has 2 rings (SSSR count). The second-order valence-electron chi connectivity index (χ2n) is 5.69. The average Bonchev–Trinajstić information content (AvgIpc) is 2.26. The Bertz CT molecular complexity index is 605. The minimum absolute atomic E-state index is 0.490. The number of pyridine rings is 2. The molecule has 2 aromatic heterocycles. The molecule has 0 saturated carbocycles. The van der Waals surface area contributed by atoms with Crippen LogP contribution in [0.3, 0.4) is 0 Å². The SMILES string of the molecule is CC(C)(O)C(C)(C)Nc1ccnc2cc(Br)cnc12. The Morgan fingerprint density at radius 2 is 1.89 bits per heavy atom. The second kappa shape index (κ2) is 4.72. The first-order chi connectivity index (χ1) is 8.71. The Morgan fingerprint density at radius 3 is 2.53 bits per heavy atom. The van der Waals surface area contributed by atoms with E-state index in [4.69, 9.17) is 0 Å². The maximum atomic E-state index is 10.2. The highest BCUT2D eigenvalue weighted by atomic mass is 79.9.